The molecule has 4 rings (SSSR count). The smallest absolute Gasteiger partial charge is 0.287 e. The van der Waals surface area contributed by atoms with Gasteiger partial charge in [0.05, 0.1) is 23.5 Å². The summed E-state index contributed by atoms with van der Waals surface area (Å²) in [4.78, 5) is 12.3. The molecule has 0 bridgehead atoms. The van der Waals surface area contributed by atoms with E-state index in [2.05, 4.69) is 34.6 Å². The number of halogens is 2. The highest BCUT2D eigenvalue weighted by atomic mass is 35.5. The summed E-state index contributed by atoms with van der Waals surface area (Å²) in [6, 6.07) is 16.6. The average Bonchev–Trinajstić information content (AvgIpc) is 3.43. The van der Waals surface area contributed by atoms with Gasteiger partial charge in [-0.3, -0.25) is 9.36 Å². The fraction of sp³-hybridized carbons (Fsp3) is 0.136. The zero-order chi connectivity index (χ0) is 21.8. The van der Waals surface area contributed by atoms with Crippen molar-refractivity contribution in [2.45, 2.75) is 24.4 Å². The molecule has 31 heavy (non-hydrogen) atoms. The molecular weight excluding hydrogens is 455 g/mol. The van der Waals surface area contributed by atoms with Gasteiger partial charge in [-0.2, -0.15) is 0 Å². The molecule has 4 aromatic rings. The van der Waals surface area contributed by atoms with Crippen molar-refractivity contribution in [2.75, 3.05) is 0 Å². The maximum atomic E-state index is 12.3. The van der Waals surface area contributed by atoms with Crippen LogP contribution in [0.4, 0.5) is 0 Å². The second kappa shape index (κ2) is 9.60. The number of nitrogens with zero attached hydrogens (tertiary/aromatic N) is 3. The van der Waals surface area contributed by atoms with Crippen LogP contribution in [0.25, 0.3) is 5.69 Å². The van der Waals surface area contributed by atoms with Crippen LogP contribution in [0, 0.1) is 6.92 Å². The number of furan rings is 1. The Hall–Kier alpha value is -2.74. The SMILES string of the molecule is Cc1ccccc1CSc1nnc(CNC(=O)c2ccco2)n1-c1cc(Cl)ccc1Cl. The molecule has 2 aromatic carbocycles. The van der Waals surface area contributed by atoms with Crippen molar-refractivity contribution in [1.82, 2.24) is 20.1 Å². The first-order chi connectivity index (χ1) is 15.0. The number of aromatic nitrogens is 3. The van der Waals surface area contributed by atoms with Crippen molar-refractivity contribution < 1.29 is 9.21 Å². The second-order valence-corrected chi connectivity index (χ2v) is 8.49. The van der Waals surface area contributed by atoms with Crippen LogP contribution in [-0.4, -0.2) is 20.7 Å². The first kappa shape index (κ1) is 21.5. The van der Waals surface area contributed by atoms with Gasteiger partial charge in [0, 0.05) is 10.8 Å². The van der Waals surface area contributed by atoms with Gasteiger partial charge in [-0.05, 0) is 48.4 Å². The predicted molar refractivity (Wildman–Crippen MR) is 122 cm³/mol. The summed E-state index contributed by atoms with van der Waals surface area (Å²) in [6.45, 7) is 2.21. The molecule has 6 nitrogen and oxygen atoms in total. The molecule has 9 heteroatoms. The Labute approximate surface area is 193 Å². The van der Waals surface area contributed by atoms with Crippen LogP contribution in [-0.2, 0) is 12.3 Å². The van der Waals surface area contributed by atoms with Crippen LogP contribution in [0.15, 0.2) is 70.4 Å². The van der Waals surface area contributed by atoms with E-state index in [0.717, 1.165) is 0 Å². The molecule has 0 unspecified atom stereocenters. The Kier molecular flexibility index (Phi) is 6.65. The van der Waals surface area contributed by atoms with E-state index in [1.54, 1.807) is 30.3 Å². The summed E-state index contributed by atoms with van der Waals surface area (Å²) in [7, 11) is 0. The summed E-state index contributed by atoms with van der Waals surface area (Å²) in [5, 5.41) is 13.1. The van der Waals surface area contributed by atoms with Crippen LogP contribution in [0.2, 0.25) is 10.0 Å². The number of benzene rings is 2. The largest absolute Gasteiger partial charge is 0.459 e. The van der Waals surface area contributed by atoms with E-state index < -0.39 is 0 Å². The average molecular weight is 473 g/mol. The van der Waals surface area contributed by atoms with E-state index in [0.29, 0.717) is 32.5 Å². The predicted octanol–water partition coefficient (Wildman–Crippen LogP) is 5.70. The second-order valence-electron chi connectivity index (χ2n) is 6.71. The summed E-state index contributed by atoms with van der Waals surface area (Å²) >= 11 is 14.2. The van der Waals surface area contributed by atoms with Gasteiger partial charge < -0.3 is 9.73 Å². The molecule has 0 saturated heterocycles. The number of aryl methyl sites for hydroxylation is 1. The summed E-state index contributed by atoms with van der Waals surface area (Å²) in [5.41, 5.74) is 3.05. The third-order valence-corrected chi connectivity index (χ3v) is 6.15. The lowest BCUT2D eigenvalue weighted by atomic mass is 10.1. The Morgan fingerprint density at radius 2 is 1.97 bits per heavy atom. The van der Waals surface area contributed by atoms with Crippen molar-refractivity contribution in [3.8, 4) is 5.69 Å². The van der Waals surface area contributed by atoms with Crippen molar-refractivity contribution in [2.24, 2.45) is 0 Å². The summed E-state index contributed by atoms with van der Waals surface area (Å²) < 4.78 is 6.96. The van der Waals surface area contributed by atoms with Crippen molar-refractivity contribution in [3.63, 3.8) is 0 Å². The van der Waals surface area contributed by atoms with Gasteiger partial charge in [0.15, 0.2) is 16.7 Å². The van der Waals surface area contributed by atoms with Crippen LogP contribution >= 0.6 is 35.0 Å². The number of hydrogen-bond donors (Lipinski definition) is 1. The Morgan fingerprint density at radius 3 is 2.74 bits per heavy atom. The van der Waals surface area contributed by atoms with E-state index in [-0.39, 0.29) is 18.2 Å². The molecule has 0 aliphatic heterocycles. The zero-order valence-corrected chi connectivity index (χ0v) is 18.8. The van der Waals surface area contributed by atoms with Gasteiger partial charge in [0.25, 0.3) is 5.91 Å². The highest BCUT2D eigenvalue weighted by Gasteiger charge is 2.19. The van der Waals surface area contributed by atoms with Crippen LogP contribution in [0.1, 0.15) is 27.5 Å². The highest BCUT2D eigenvalue weighted by Crippen LogP contribution is 2.31. The fourth-order valence-corrected chi connectivity index (χ4v) is 4.38. The molecule has 1 N–H and O–H groups in total. The molecular formula is C22H18Cl2N4O2S. The lowest BCUT2D eigenvalue weighted by Crippen LogP contribution is -2.24. The Morgan fingerprint density at radius 1 is 1.13 bits per heavy atom. The van der Waals surface area contributed by atoms with Crippen molar-refractivity contribution in [1.29, 1.82) is 0 Å². The van der Waals surface area contributed by atoms with E-state index in [9.17, 15) is 4.79 Å². The molecule has 0 spiro atoms. The molecule has 1 amide bonds. The minimum atomic E-state index is -0.342. The molecule has 2 aromatic heterocycles. The summed E-state index contributed by atoms with van der Waals surface area (Å²) in [5.74, 6) is 1.12. The minimum Gasteiger partial charge on any atom is -0.459 e. The monoisotopic (exact) mass is 472 g/mol. The maximum absolute atomic E-state index is 12.3. The number of nitrogens with one attached hydrogen (secondary N) is 1. The normalized spacial score (nSPS) is 10.9. The maximum Gasteiger partial charge on any atom is 0.287 e. The van der Waals surface area contributed by atoms with Crippen LogP contribution in [0.5, 0.6) is 0 Å². The van der Waals surface area contributed by atoms with Gasteiger partial charge in [0.1, 0.15) is 0 Å². The zero-order valence-electron chi connectivity index (χ0n) is 16.5. The topological polar surface area (TPSA) is 73.0 Å². The van der Waals surface area contributed by atoms with Gasteiger partial charge in [0.2, 0.25) is 0 Å². The van der Waals surface area contributed by atoms with Crippen LogP contribution in [0.3, 0.4) is 0 Å². The minimum absolute atomic E-state index is 0.139. The number of carbonyl (C=O) groups excluding carboxylic acids is 1. The summed E-state index contributed by atoms with van der Waals surface area (Å²) in [6.07, 6.45) is 1.45. The first-order valence-electron chi connectivity index (χ1n) is 9.41. The first-order valence-corrected chi connectivity index (χ1v) is 11.2. The number of rotatable bonds is 7. The van der Waals surface area contributed by atoms with Gasteiger partial charge >= 0.3 is 0 Å². The fourth-order valence-electron chi connectivity index (χ4n) is 2.98. The Bertz CT molecular complexity index is 1210. The molecule has 0 aliphatic carbocycles. The molecule has 0 fully saturated rings. The van der Waals surface area contributed by atoms with E-state index in [1.165, 1.54) is 29.2 Å². The standard InChI is InChI=1S/C22H18Cl2N4O2S/c1-14-5-2-3-6-15(14)13-31-22-27-26-20(12-25-21(29)19-7-4-10-30-19)28(22)18-11-16(23)8-9-17(18)24/h2-11H,12-13H2,1H3,(H,25,29). The molecule has 158 valence electrons. The molecule has 2 heterocycles. The lowest BCUT2D eigenvalue weighted by Gasteiger charge is -2.13. The molecule has 0 atom stereocenters. The van der Waals surface area contributed by atoms with Gasteiger partial charge in [-0.1, -0.05) is 59.2 Å². The van der Waals surface area contributed by atoms with Crippen LogP contribution < -0.4 is 5.32 Å². The lowest BCUT2D eigenvalue weighted by molar-refractivity contribution is 0.0922. The molecule has 0 aliphatic rings. The van der Waals surface area contributed by atoms with Gasteiger partial charge in [-0.15, -0.1) is 10.2 Å². The van der Waals surface area contributed by atoms with E-state index >= 15 is 0 Å². The third-order valence-electron chi connectivity index (χ3n) is 4.62. The number of carbonyl (C=O) groups is 1. The third kappa shape index (κ3) is 4.95. The Balaban J connectivity index is 1.64. The quantitative estimate of drug-likeness (QED) is 0.349. The number of amides is 1. The van der Waals surface area contributed by atoms with E-state index in [1.807, 2.05) is 16.7 Å². The molecule has 0 saturated carbocycles. The van der Waals surface area contributed by atoms with Crippen molar-refractivity contribution >= 4 is 40.9 Å². The molecule has 0 radical (unpaired) electrons. The number of thioether (sulfide) groups is 1. The highest BCUT2D eigenvalue weighted by molar-refractivity contribution is 7.98. The van der Waals surface area contributed by atoms with Gasteiger partial charge in [-0.25, -0.2) is 0 Å². The van der Waals surface area contributed by atoms with E-state index in [4.69, 9.17) is 27.6 Å². The number of hydrogen-bond acceptors (Lipinski definition) is 5. The van der Waals surface area contributed by atoms with Crippen molar-refractivity contribution in [3.05, 3.63) is 93.6 Å².